The molecule has 0 atom stereocenters. The molecular formula is C21H22AsN6O2. The molecule has 1 fully saturated rings. The number of anilines is 1. The van der Waals surface area contributed by atoms with E-state index in [2.05, 4.69) is 26.7 Å². The number of hydrogen-bond acceptors (Lipinski definition) is 7. The van der Waals surface area contributed by atoms with Crippen LogP contribution in [-0.2, 0) is 4.79 Å². The van der Waals surface area contributed by atoms with Crippen LogP contribution in [-0.4, -0.2) is 62.7 Å². The standard InChI is InChI=1S/C21H22AsN6O2/c23-14-15(20-26-17-4-1-2-5-18(17)30-20)16-7-9-25-21(27-16)22-8-3-6-19(29)28-12-10-24-11-13-28/h1-2,4-5,7,9,24,26H,3,6,8,10-13H2. The van der Waals surface area contributed by atoms with E-state index in [-0.39, 0.29) is 21.7 Å². The van der Waals surface area contributed by atoms with Crippen molar-refractivity contribution in [1.82, 2.24) is 20.2 Å². The molecule has 9 heteroatoms. The predicted octanol–water partition coefficient (Wildman–Crippen LogP) is 1.13. The number of benzene rings is 1. The third kappa shape index (κ3) is 4.81. The van der Waals surface area contributed by atoms with Gasteiger partial charge in [0.15, 0.2) is 0 Å². The van der Waals surface area contributed by atoms with E-state index in [1.807, 2.05) is 29.2 Å². The van der Waals surface area contributed by atoms with Gasteiger partial charge in [0, 0.05) is 0 Å². The van der Waals surface area contributed by atoms with Gasteiger partial charge < -0.3 is 0 Å². The van der Waals surface area contributed by atoms with Gasteiger partial charge in [0.05, 0.1) is 0 Å². The fourth-order valence-electron chi connectivity index (χ4n) is 3.30. The van der Waals surface area contributed by atoms with E-state index in [0.29, 0.717) is 29.3 Å². The van der Waals surface area contributed by atoms with Gasteiger partial charge in [0.1, 0.15) is 0 Å². The zero-order valence-electron chi connectivity index (χ0n) is 16.5. The van der Waals surface area contributed by atoms with Crippen LogP contribution < -0.4 is 20.0 Å². The van der Waals surface area contributed by atoms with Gasteiger partial charge in [0.2, 0.25) is 0 Å². The Balaban J connectivity index is 1.35. The first-order valence-corrected chi connectivity index (χ1v) is 12.2. The quantitative estimate of drug-likeness (QED) is 0.375. The van der Waals surface area contributed by atoms with Crippen molar-refractivity contribution in [3.63, 3.8) is 0 Å². The first-order valence-electron chi connectivity index (χ1n) is 9.92. The number of amides is 1. The molecular weight excluding hydrogens is 443 g/mol. The Morgan fingerprint density at radius 1 is 1.27 bits per heavy atom. The van der Waals surface area contributed by atoms with Crippen LogP contribution in [0.1, 0.15) is 18.5 Å². The Bertz CT molecular complexity index is 970. The van der Waals surface area contributed by atoms with Gasteiger partial charge in [-0.3, -0.25) is 0 Å². The zero-order valence-corrected chi connectivity index (χ0v) is 18.3. The molecule has 0 spiro atoms. The number of rotatable bonds is 6. The molecule has 1 radical (unpaired) electrons. The molecule has 0 unspecified atom stereocenters. The van der Waals surface area contributed by atoms with Crippen molar-refractivity contribution in [2.75, 3.05) is 31.5 Å². The molecule has 1 aromatic carbocycles. The Morgan fingerprint density at radius 3 is 2.90 bits per heavy atom. The summed E-state index contributed by atoms with van der Waals surface area (Å²) in [5.74, 6) is 1.31. The fourth-order valence-corrected chi connectivity index (χ4v) is 5.07. The van der Waals surface area contributed by atoms with Crippen molar-refractivity contribution < 1.29 is 9.53 Å². The summed E-state index contributed by atoms with van der Waals surface area (Å²) in [6, 6.07) is 11.5. The Kier molecular flexibility index (Phi) is 6.63. The first kappa shape index (κ1) is 20.4. The SMILES string of the molecule is N#CC(=C1Nc2ccccc2O1)c1ccnc([As]CCCC(=O)N2CCNCC2)n1. The fraction of sp³-hybridized carbons (Fsp3) is 0.333. The van der Waals surface area contributed by atoms with E-state index >= 15 is 0 Å². The molecule has 153 valence electrons. The number of carbonyl (C=O) groups is 1. The summed E-state index contributed by atoms with van der Waals surface area (Å²) >= 11 is -0.270. The molecule has 2 aromatic rings. The van der Waals surface area contributed by atoms with Crippen LogP contribution in [0.4, 0.5) is 5.69 Å². The van der Waals surface area contributed by atoms with Crippen molar-refractivity contribution in [1.29, 1.82) is 5.26 Å². The monoisotopic (exact) mass is 465 g/mol. The van der Waals surface area contributed by atoms with Crippen LogP contribution in [0.15, 0.2) is 42.4 Å². The van der Waals surface area contributed by atoms with Crippen molar-refractivity contribution in [2.45, 2.75) is 18.1 Å². The van der Waals surface area contributed by atoms with Crippen LogP contribution in [0, 0.1) is 11.3 Å². The maximum absolute atomic E-state index is 12.2. The number of para-hydroxylation sites is 2. The molecule has 4 rings (SSSR count). The Morgan fingerprint density at radius 2 is 2.10 bits per heavy atom. The molecule has 1 saturated heterocycles. The number of carbonyl (C=O) groups excluding carboxylic acids is 1. The summed E-state index contributed by atoms with van der Waals surface area (Å²) in [5, 5.41) is 17.0. The summed E-state index contributed by atoms with van der Waals surface area (Å²) in [4.78, 5) is 23.1. The number of fused-ring (bicyclic) bond motifs is 1. The average Bonchev–Trinajstić information content (AvgIpc) is 3.22. The summed E-state index contributed by atoms with van der Waals surface area (Å²) in [7, 11) is 0. The minimum absolute atomic E-state index is 0.230. The van der Waals surface area contributed by atoms with Gasteiger partial charge in [-0.15, -0.1) is 0 Å². The molecule has 30 heavy (non-hydrogen) atoms. The second-order valence-corrected chi connectivity index (χ2v) is 9.34. The second kappa shape index (κ2) is 9.75. The molecule has 1 aromatic heterocycles. The van der Waals surface area contributed by atoms with E-state index in [1.165, 1.54) is 0 Å². The number of allylic oxidation sites excluding steroid dienone is 1. The molecule has 0 aliphatic carbocycles. The Hall–Kier alpha value is -2.88. The van der Waals surface area contributed by atoms with Crippen LogP contribution in [0.3, 0.4) is 0 Å². The van der Waals surface area contributed by atoms with Gasteiger partial charge in [-0.1, -0.05) is 0 Å². The number of nitriles is 1. The van der Waals surface area contributed by atoms with Crippen molar-refractivity contribution in [3.05, 3.63) is 48.1 Å². The average molecular weight is 465 g/mol. The van der Waals surface area contributed by atoms with Crippen molar-refractivity contribution >= 4 is 37.5 Å². The molecule has 3 heterocycles. The predicted molar refractivity (Wildman–Crippen MR) is 114 cm³/mol. The zero-order chi connectivity index (χ0) is 20.8. The topological polar surface area (TPSA) is 103 Å². The van der Waals surface area contributed by atoms with E-state index in [4.69, 9.17) is 4.74 Å². The number of aromatic nitrogens is 2. The van der Waals surface area contributed by atoms with Gasteiger partial charge >= 0.3 is 182 Å². The van der Waals surface area contributed by atoms with E-state index in [0.717, 1.165) is 48.1 Å². The Labute approximate surface area is 182 Å². The number of ether oxygens (including phenoxy) is 1. The molecule has 2 aliphatic heterocycles. The molecule has 0 bridgehead atoms. The third-order valence-electron chi connectivity index (χ3n) is 4.86. The van der Waals surface area contributed by atoms with E-state index < -0.39 is 0 Å². The van der Waals surface area contributed by atoms with Crippen molar-refractivity contribution in [3.8, 4) is 11.8 Å². The van der Waals surface area contributed by atoms with Crippen molar-refractivity contribution in [2.24, 2.45) is 0 Å². The number of hydrogen-bond donors (Lipinski definition) is 2. The van der Waals surface area contributed by atoms with Gasteiger partial charge in [0.25, 0.3) is 0 Å². The van der Waals surface area contributed by atoms with Gasteiger partial charge in [-0.05, 0) is 0 Å². The molecule has 2 aliphatic rings. The van der Waals surface area contributed by atoms with Gasteiger partial charge in [-0.2, -0.15) is 0 Å². The number of piperazine rings is 1. The molecule has 8 nitrogen and oxygen atoms in total. The number of nitrogens with one attached hydrogen (secondary N) is 2. The summed E-state index contributed by atoms with van der Waals surface area (Å²) < 4.78 is 6.54. The van der Waals surface area contributed by atoms with E-state index in [1.54, 1.807) is 12.3 Å². The van der Waals surface area contributed by atoms with Crippen LogP contribution in [0.25, 0.3) is 5.57 Å². The maximum atomic E-state index is 12.2. The first-order chi connectivity index (χ1) is 14.7. The van der Waals surface area contributed by atoms with Crippen LogP contribution in [0.2, 0.25) is 5.21 Å². The minimum atomic E-state index is -0.270. The van der Waals surface area contributed by atoms with Crippen LogP contribution >= 0.6 is 0 Å². The normalized spacial score (nSPS) is 17.2. The third-order valence-corrected chi connectivity index (χ3v) is 7.03. The molecule has 1 amide bonds. The molecule has 0 saturated carbocycles. The second-order valence-electron chi connectivity index (χ2n) is 6.90. The van der Waals surface area contributed by atoms with Crippen LogP contribution in [0.5, 0.6) is 5.75 Å². The number of nitrogens with zero attached hydrogens (tertiary/aromatic N) is 4. The molecule has 2 N–H and O–H groups in total. The van der Waals surface area contributed by atoms with Gasteiger partial charge in [-0.25, -0.2) is 0 Å². The summed E-state index contributed by atoms with van der Waals surface area (Å²) in [6.45, 7) is 3.34. The van der Waals surface area contributed by atoms with E-state index in [9.17, 15) is 10.1 Å². The summed E-state index contributed by atoms with van der Waals surface area (Å²) in [5.41, 5.74) is 1.73. The summed E-state index contributed by atoms with van der Waals surface area (Å²) in [6.07, 6.45) is 3.08.